The molecule has 1 saturated heterocycles. The van der Waals surface area contributed by atoms with E-state index in [1.54, 1.807) is 6.07 Å². The van der Waals surface area contributed by atoms with Gasteiger partial charge in [0.2, 0.25) is 0 Å². The lowest BCUT2D eigenvalue weighted by atomic mass is 9.74. The number of nitrogens with one attached hydrogen (secondary N) is 1. The van der Waals surface area contributed by atoms with Crippen LogP contribution in [0.3, 0.4) is 0 Å². The number of nitrogens with zero attached hydrogens (tertiary/aromatic N) is 1. The maximum atomic E-state index is 12.6. The van der Waals surface area contributed by atoms with E-state index in [0.717, 1.165) is 57.4 Å². The Labute approximate surface area is 183 Å². The van der Waals surface area contributed by atoms with Crippen molar-refractivity contribution < 1.29 is 23.0 Å². The van der Waals surface area contributed by atoms with Crippen LogP contribution in [0.1, 0.15) is 44.1 Å². The maximum absolute atomic E-state index is 12.6. The van der Waals surface area contributed by atoms with Crippen molar-refractivity contribution in [1.29, 1.82) is 0 Å². The van der Waals surface area contributed by atoms with E-state index in [1.807, 2.05) is 6.07 Å². The lowest BCUT2D eigenvalue weighted by molar-refractivity contribution is -0.274. The van der Waals surface area contributed by atoms with Crippen LogP contribution in [-0.2, 0) is 0 Å². The van der Waals surface area contributed by atoms with Gasteiger partial charge in [-0.25, -0.2) is 0 Å². The predicted molar refractivity (Wildman–Crippen MR) is 112 cm³/mol. The molecule has 4 nitrogen and oxygen atoms in total. The molecule has 168 valence electrons. The highest BCUT2D eigenvalue weighted by molar-refractivity contribution is 5.85. The topological polar surface area (TPSA) is 44.7 Å². The Hall–Kier alpha value is -0.730. The molecule has 0 amide bonds. The summed E-state index contributed by atoms with van der Waals surface area (Å²) < 4.78 is 42.0. The molecule has 1 heterocycles. The van der Waals surface area contributed by atoms with Crippen molar-refractivity contribution in [1.82, 2.24) is 10.2 Å². The molecule has 2 unspecified atom stereocenters. The van der Waals surface area contributed by atoms with E-state index in [-0.39, 0.29) is 42.4 Å². The summed E-state index contributed by atoms with van der Waals surface area (Å²) in [6.45, 7) is 5.58. The molecule has 9 heteroatoms. The first-order valence-corrected chi connectivity index (χ1v) is 9.81. The number of halogens is 5. The molecule has 0 radical (unpaired) electrons. The van der Waals surface area contributed by atoms with E-state index < -0.39 is 12.5 Å². The van der Waals surface area contributed by atoms with Gasteiger partial charge < -0.3 is 15.2 Å². The normalized spacial score (nSPS) is 26.7. The number of aliphatic hydroxyl groups is 1. The molecule has 2 fully saturated rings. The molecule has 0 bridgehead atoms. The third-order valence-corrected chi connectivity index (χ3v) is 5.73. The lowest BCUT2D eigenvalue weighted by Crippen LogP contribution is -2.51. The van der Waals surface area contributed by atoms with Crippen LogP contribution in [0.25, 0.3) is 0 Å². The molecule has 4 atom stereocenters. The second kappa shape index (κ2) is 11.6. The van der Waals surface area contributed by atoms with Gasteiger partial charge in [0.25, 0.3) is 0 Å². The van der Waals surface area contributed by atoms with Crippen molar-refractivity contribution in [3.8, 4) is 5.75 Å². The van der Waals surface area contributed by atoms with Gasteiger partial charge in [0.1, 0.15) is 5.75 Å². The Morgan fingerprint density at radius 3 is 2.62 bits per heavy atom. The predicted octanol–water partition coefficient (Wildman–Crippen LogP) is 4.36. The van der Waals surface area contributed by atoms with Gasteiger partial charge >= 0.3 is 6.36 Å². The first kappa shape index (κ1) is 26.3. The summed E-state index contributed by atoms with van der Waals surface area (Å²) in [6, 6.07) is 6.68. The number of piperazine rings is 1. The van der Waals surface area contributed by atoms with Gasteiger partial charge in [0.15, 0.2) is 0 Å². The fourth-order valence-corrected chi connectivity index (χ4v) is 4.50. The molecule has 0 aromatic heterocycles. The minimum Gasteiger partial charge on any atom is -0.406 e. The molecule has 1 aliphatic heterocycles. The number of hydrogen-bond acceptors (Lipinski definition) is 4. The second-order valence-corrected chi connectivity index (χ2v) is 7.86. The summed E-state index contributed by atoms with van der Waals surface area (Å²) in [4.78, 5) is 2.35. The van der Waals surface area contributed by atoms with Crippen molar-refractivity contribution in [2.24, 2.45) is 5.92 Å². The van der Waals surface area contributed by atoms with Crippen LogP contribution in [0, 0.1) is 5.92 Å². The van der Waals surface area contributed by atoms with Crippen LogP contribution in [0.4, 0.5) is 13.2 Å². The monoisotopic (exact) mass is 458 g/mol. The molecule has 0 spiro atoms. The number of benzene rings is 1. The number of ether oxygens (including phenoxy) is 1. The minimum atomic E-state index is -4.70. The molecular weight excluding hydrogens is 428 g/mol. The average Bonchev–Trinajstić information content (AvgIpc) is 2.59. The zero-order valence-corrected chi connectivity index (χ0v) is 18.2. The summed E-state index contributed by atoms with van der Waals surface area (Å²) in [6.07, 6.45) is -1.39. The van der Waals surface area contributed by atoms with Gasteiger partial charge in [0, 0.05) is 38.1 Å². The summed E-state index contributed by atoms with van der Waals surface area (Å²) in [7, 11) is 0. The van der Waals surface area contributed by atoms with E-state index in [1.165, 1.54) is 12.1 Å². The number of aliphatic hydroxyl groups excluding tert-OH is 1. The average molecular weight is 459 g/mol. The smallest absolute Gasteiger partial charge is 0.406 e. The standard InChI is InChI=1S/C20H29F3N2O2.2ClH/c1-14-12-25(10-9-24-14)13-18(17-7-2-3-8-19(17)26)15-5-4-6-16(11-15)27-20(21,22)23;;/h4-6,11,14,17-19,24,26H,2-3,7-10,12-13H2,1H3;2*1H/t14-,17?,18?,19+;;/m1../s1. The summed E-state index contributed by atoms with van der Waals surface area (Å²) in [5, 5.41) is 14.0. The highest BCUT2D eigenvalue weighted by Crippen LogP contribution is 2.38. The summed E-state index contributed by atoms with van der Waals surface area (Å²) in [5.41, 5.74) is 0.814. The van der Waals surface area contributed by atoms with Crippen LogP contribution in [0.5, 0.6) is 5.75 Å². The van der Waals surface area contributed by atoms with Crippen LogP contribution in [0.2, 0.25) is 0 Å². The minimum absolute atomic E-state index is 0. The Bertz CT molecular complexity index is 622. The summed E-state index contributed by atoms with van der Waals surface area (Å²) in [5.74, 6) is -0.142. The Balaban J connectivity index is 0.00000210. The fraction of sp³-hybridized carbons (Fsp3) is 0.700. The molecule has 2 N–H and O–H groups in total. The van der Waals surface area contributed by atoms with Crippen LogP contribution in [0.15, 0.2) is 24.3 Å². The number of alkyl halides is 3. The van der Waals surface area contributed by atoms with E-state index in [4.69, 9.17) is 0 Å². The van der Waals surface area contributed by atoms with Gasteiger partial charge in [-0.1, -0.05) is 25.0 Å². The van der Waals surface area contributed by atoms with Gasteiger partial charge in [-0.15, -0.1) is 38.0 Å². The van der Waals surface area contributed by atoms with Gasteiger partial charge in [-0.2, -0.15) is 0 Å². The first-order chi connectivity index (χ1) is 12.8. The molecule has 1 aromatic carbocycles. The van der Waals surface area contributed by atoms with Crippen LogP contribution >= 0.6 is 24.8 Å². The van der Waals surface area contributed by atoms with E-state index in [0.29, 0.717) is 6.04 Å². The van der Waals surface area contributed by atoms with E-state index >= 15 is 0 Å². The van der Waals surface area contributed by atoms with E-state index in [2.05, 4.69) is 21.9 Å². The molecule has 1 aliphatic carbocycles. The highest BCUT2D eigenvalue weighted by atomic mass is 35.5. The number of rotatable bonds is 5. The Kier molecular flexibility index (Phi) is 10.5. The fourth-order valence-electron chi connectivity index (χ4n) is 4.50. The summed E-state index contributed by atoms with van der Waals surface area (Å²) >= 11 is 0. The zero-order valence-electron chi connectivity index (χ0n) is 16.5. The van der Waals surface area contributed by atoms with E-state index in [9.17, 15) is 18.3 Å². The number of hydrogen-bond donors (Lipinski definition) is 2. The Morgan fingerprint density at radius 2 is 1.97 bits per heavy atom. The maximum Gasteiger partial charge on any atom is 0.573 e. The van der Waals surface area contributed by atoms with Gasteiger partial charge in [-0.3, -0.25) is 4.90 Å². The first-order valence-electron chi connectivity index (χ1n) is 9.81. The van der Waals surface area contributed by atoms with Crippen molar-refractivity contribution in [3.63, 3.8) is 0 Å². The van der Waals surface area contributed by atoms with Crippen molar-refractivity contribution in [3.05, 3.63) is 29.8 Å². The molecule has 1 aromatic rings. The lowest BCUT2D eigenvalue weighted by Gasteiger charge is -2.40. The largest absolute Gasteiger partial charge is 0.573 e. The van der Waals surface area contributed by atoms with Crippen molar-refractivity contribution in [2.75, 3.05) is 26.2 Å². The van der Waals surface area contributed by atoms with Crippen LogP contribution in [-0.4, -0.2) is 54.7 Å². The quantitative estimate of drug-likeness (QED) is 0.687. The third kappa shape index (κ3) is 7.79. The van der Waals surface area contributed by atoms with Crippen LogP contribution < -0.4 is 10.1 Å². The zero-order chi connectivity index (χ0) is 19.4. The Morgan fingerprint density at radius 1 is 1.24 bits per heavy atom. The molecule has 3 rings (SSSR count). The molecule has 1 saturated carbocycles. The SMILES string of the molecule is C[C@@H]1CN(CC(c2cccc(OC(F)(F)F)c2)C2CCCC[C@@H]2O)CCN1.Cl.Cl. The molecular formula is C20H31Cl2F3N2O2. The second-order valence-electron chi connectivity index (χ2n) is 7.86. The van der Waals surface area contributed by atoms with Crippen molar-refractivity contribution in [2.45, 2.75) is 57.0 Å². The highest BCUT2D eigenvalue weighted by Gasteiger charge is 2.35. The van der Waals surface area contributed by atoms with Gasteiger partial charge in [-0.05, 0) is 43.4 Å². The van der Waals surface area contributed by atoms with Crippen molar-refractivity contribution >= 4 is 24.8 Å². The molecule has 2 aliphatic rings. The van der Waals surface area contributed by atoms with Gasteiger partial charge in [0.05, 0.1) is 6.10 Å². The third-order valence-electron chi connectivity index (χ3n) is 5.73. The molecule has 29 heavy (non-hydrogen) atoms.